The van der Waals surface area contributed by atoms with Crippen molar-refractivity contribution >= 4 is 17.3 Å². The quantitative estimate of drug-likeness (QED) is 0.549. The van der Waals surface area contributed by atoms with Crippen molar-refractivity contribution in [2.24, 2.45) is 0 Å². The minimum atomic E-state index is -1.22. The lowest BCUT2D eigenvalue weighted by Gasteiger charge is -2.16. The van der Waals surface area contributed by atoms with Crippen LogP contribution in [0.15, 0.2) is 12.1 Å². The lowest BCUT2D eigenvalue weighted by molar-refractivity contribution is 0.0698. The van der Waals surface area contributed by atoms with E-state index >= 15 is 0 Å². The van der Waals surface area contributed by atoms with Crippen molar-refractivity contribution in [3.63, 3.8) is 0 Å². The van der Waals surface area contributed by atoms with Gasteiger partial charge in [-0.3, -0.25) is 0 Å². The van der Waals surface area contributed by atoms with Gasteiger partial charge in [0.15, 0.2) is 0 Å². The summed E-state index contributed by atoms with van der Waals surface area (Å²) in [5, 5.41) is 12.1. The molecule has 0 spiro atoms. The van der Waals surface area contributed by atoms with Gasteiger partial charge in [0, 0.05) is 6.54 Å². The van der Waals surface area contributed by atoms with Gasteiger partial charge in [-0.15, -0.1) is 0 Å². The number of carbonyl (C=O) groups is 1. The number of carboxylic acids is 1. The Morgan fingerprint density at radius 1 is 1.40 bits per heavy atom. The Labute approximate surface area is 117 Å². The molecular formula is C14H20FN3O2. The molecule has 0 aliphatic carbocycles. The maximum atomic E-state index is 13.3. The summed E-state index contributed by atoms with van der Waals surface area (Å²) >= 11 is 0. The van der Waals surface area contributed by atoms with Gasteiger partial charge in [-0.2, -0.15) is 0 Å². The lowest BCUT2D eigenvalue weighted by atomic mass is 10.1. The number of likely N-dealkylation sites (tertiary alicyclic amines) is 1. The molecule has 5 nitrogen and oxygen atoms in total. The molecule has 1 heterocycles. The number of rotatable bonds is 6. The molecule has 0 atom stereocenters. The smallest absolute Gasteiger partial charge is 0.340 e. The molecule has 1 fully saturated rings. The average molecular weight is 281 g/mol. The second kappa shape index (κ2) is 6.56. The van der Waals surface area contributed by atoms with E-state index in [1.54, 1.807) is 0 Å². The fourth-order valence-electron chi connectivity index (χ4n) is 2.50. The van der Waals surface area contributed by atoms with Crippen LogP contribution in [-0.2, 0) is 0 Å². The molecule has 4 N–H and O–H groups in total. The van der Waals surface area contributed by atoms with Crippen molar-refractivity contribution in [2.45, 2.75) is 19.3 Å². The predicted molar refractivity (Wildman–Crippen MR) is 76.6 cm³/mol. The van der Waals surface area contributed by atoms with Gasteiger partial charge in [-0.25, -0.2) is 9.18 Å². The minimum absolute atomic E-state index is 0.189. The molecule has 110 valence electrons. The number of nitrogen functional groups attached to an aromatic ring is 1. The van der Waals surface area contributed by atoms with E-state index in [-0.39, 0.29) is 11.3 Å². The molecule has 1 aromatic rings. The van der Waals surface area contributed by atoms with Gasteiger partial charge in [0.2, 0.25) is 0 Å². The van der Waals surface area contributed by atoms with Crippen molar-refractivity contribution in [1.29, 1.82) is 0 Å². The Morgan fingerprint density at radius 3 is 2.75 bits per heavy atom. The number of halogens is 1. The van der Waals surface area contributed by atoms with E-state index in [0.29, 0.717) is 12.2 Å². The van der Waals surface area contributed by atoms with Gasteiger partial charge in [0.05, 0.1) is 11.4 Å². The summed E-state index contributed by atoms with van der Waals surface area (Å²) in [5.74, 6) is -1.92. The second-order valence-electron chi connectivity index (χ2n) is 5.02. The Morgan fingerprint density at radius 2 is 2.10 bits per heavy atom. The van der Waals surface area contributed by atoms with Gasteiger partial charge in [0.1, 0.15) is 11.4 Å². The van der Waals surface area contributed by atoms with Crippen molar-refractivity contribution in [3.8, 4) is 0 Å². The van der Waals surface area contributed by atoms with E-state index in [0.717, 1.165) is 26.1 Å². The molecule has 1 aliphatic heterocycles. The first kappa shape index (κ1) is 14.6. The summed E-state index contributed by atoms with van der Waals surface area (Å²) < 4.78 is 13.3. The monoisotopic (exact) mass is 281 g/mol. The predicted octanol–water partition coefficient (Wildman–Crippen LogP) is 2.00. The number of nitrogens with two attached hydrogens (primary N) is 1. The maximum absolute atomic E-state index is 13.3. The van der Waals surface area contributed by atoms with Crippen LogP contribution in [0.3, 0.4) is 0 Å². The van der Waals surface area contributed by atoms with Crippen LogP contribution < -0.4 is 11.1 Å². The maximum Gasteiger partial charge on any atom is 0.340 e. The number of carboxylic acid groups (broad SMARTS) is 1. The Balaban J connectivity index is 1.91. The highest BCUT2D eigenvalue weighted by molar-refractivity contribution is 6.00. The Kier molecular flexibility index (Phi) is 4.79. The molecule has 1 aromatic carbocycles. The van der Waals surface area contributed by atoms with Gasteiger partial charge in [0.25, 0.3) is 0 Å². The third-order valence-corrected chi connectivity index (χ3v) is 3.57. The highest BCUT2D eigenvalue weighted by Crippen LogP contribution is 2.25. The third kappa shape index (κ3) is 3.39. The average Bonchev–Trinajstić information content (AvgIpc) is 2.91. The van der Waals surface area contributed by atoms with Gasteiger partial charge < -0.3 is 21.1 Å². The molecule has 0 amide bonds. The molecule has 6 heteroatoms. The van der Waals surface area contributed by atoms with Crippen LogP contribution in [0.1, 0.15) is 29.6 Å². The zero-order valence-electron chi connectivity index (χ0n) is 11.4. The van der Waals surface area contributed by atoms with E-state index in [4.69, 9.17) is 10.8 Å². The first-order valence-electron chi connectivity index (χ1n) is 6.87. The lowest BCUT2D eigenvalue weighted by Crippen LogP contribution is -2.22. The number of nitrogens with one attached hydrogen (secondary N) is 1. The number of hydrogen-bond acceptors (Lipinski definition) is 4. The van der Waals surface area contributed by atoms with Crippen LogP contribution in [0.4, 0.5) is 15.8 Å². The molecule has 20 heavy (non-hydrogen) atoms. The molecule has 1 saturated heterocycles. The van der Waals surface area contributed by atoms with Gasteiger partial charge >= 0.3 is 5.97 Å². The van der Waals surface area contributed by atoms with Crippen LogP contribution in [0.2, 0.25) is 0 Å². The number of hydrogen-bond donors (Lipinski definition) is 3. The number of benzene rings is 1. The van der Waals surface area contributed by atoms with Crippen molar-refractivity contribution in [3.05, 3.63) is 23.5 Å². The minimum Gasteiger partial charge on any atom is -0.478 e. The van der Waals surface area contributed by atoms with E-state index < -0.39 is 11.8 Å². The highest BCUT2D eigenvalue weighted by Gasteiger charge is 2.17. The number of anilines is 2. The fraction of sp³-hybridized carbons (Fsp3) is 0.500. The van der Waals surface area contributed by atoms with Gasteiger partial charge in [-0.05, 0) is 51.0 Å². The third-order valence-electron chi connectivity index (χ3n) is 3.57. The molecule has 1 aliphatic rings. The summed E-state index contributed by atoms with van der Waals surface area (Å²) in [6, 6.07) is 2.61. The molecule has 2 rings (SSSR count). The molecular weight excluding hydrogens is 261 g/mol. The molecule has 0 saturated carbocycles. The van der Waals surface area contributed by atoms with Crippen LogP contribution in [0, 0.1) is 5.82 Å². The largest absolute Gasteiger partial charge is 0.478 e. The summed E-state index contributed by atoms with van der Waals surface area (Å²) in [5.41, 5.74) is 5.35. The van der Waals surface area contributed by atoms with Crippen LogP contribution >= 0.6 is 0 Å². The molecule has 0 aromatic heterocycles. The fourth-order valence-corrected chi connectivity index (χ4v) is 2.50. The molecule has 0 unspecified atom stereocenters. The summed E-state index contributed by atoms with van der Waals surface area (Å²) in [7, 11) is 0. The van der Waals surface area contributed by atoms with E-state index in [2.05, 4.69) is 10.2 Å². The zero-order chi connectivity index (χ0) is 14.5. The van der Waals surface area contributed by atoms with Crippen LogP contribution in [0.5, 0.6) is 0 Å². The molecule has 0 radical (unpaired) electrons. The van der Waals surface area contributed by atoms with Crippen LogP contribution in [-0.4, -0.2) is 42.2 Å². The molecule has 0 bridgehead atoms. The number of nitrogens with zero attached hydrogens (tertiary/aromatic N) is 1. The number of aromatic carboxylic acids is 1. The standard InChI is InChI=1S/C14H20FN3O2/c15-10-4-5-11(12(13(10)16)14(19)20)17-6-3-9-18-7-1-2-8-18/h4-5,17H,1-3,6-9,16H2,(H,19,20). The Bertz CT molecular complexity index is 488. The summed E-state index contributed by atoms with van der Waals surface area (Å²) in [6.07, 6.45) is 3.42. The second-order valence-corrected chi connectivity index (χ2v) is 5.02. The van der Waals surface area contributed by atoms with Crippen LogP contribution in [0.25, 0.3) is 0 Å². The van der Waals surface area contributed by atoms with Crippen molar-refractivity contribution in [2.75, 3.05) is 37.2 Å². The summed E-state index contributed by atoms with van der Waals surface area (Å²) in [6.45, 7) is 3.92. The van der Waals surface area contributed by atoms with E-state index in [9.17, 15) is 9.18 Å². The Hall–Kier alpha value is -1.82. The highest BCUT2D eigenvalue weighted by atomic mass is 19.1. The van der Waals surface area contributed by atoms with E-state index in [1.807, 2.05) is 0 Å². The van der Waals surface area contributed by atoms with Crippen molar-refractivity contribution < 1.29 is 14.3 Å². The zero-order valence-corrected chi connectivity index (χ0v) is 11.4. The summed E-state index contributed by atoms with van der Waals surface area (Å²) in [4.78, 5) is 13.5. The topological polar surface area (TPSA) is 78.6 Å². The van der Waals surface area contributed by atoms with E-state index in [1.165, 1.54) is 25.0 Å². The first-order chi connectivity index (χ1) is 9.59. The first-order valence-corrected chi connectivity index (χ1v) is 6.87. The van der Waals surface area contributed by atoms with Crippen molar-refractivity contribution in [1.82, 2.24) is 4.90 Å². The van der Waals surface area contributed by atoms with Gasteiger partial charge in [-0.1, -0.05) is 0 Å². The normalized spacial score (nSPS) is 15.4. The SMILES string of the molecule is Nc1c(F)ccc(NCCCN2CCCC2)c1C(=O)O.